The van der Waals surface area contributed by atoms with Crippen LogP contribution in [0.3, 0.4) is 0 Å². The van der Waals surface area contributed by atoms with Gasteiger partial charge in [-0.15, -0.1) is 11.8 Å². The number of nitrogens with zero attached hydrogens (tertiary/aromatic N) is 3. The van der Waals surface area contributed by atoms with Crippen molar-refractivity contribution in [2.75, 3.05) is 18.8 Å². The maximum atomic E-state index is 12.9. The highest BCUT2D eigenvalue weighted by molar-refractivity contribution is 8.01. The van der Waals surface area contributed by atoms with Gasteiger partial charge in [0.2, 0.25) is 5.88 Å². The molecule has 4 heterocycles. The van der Waals surface area contributed by atoms with E-state index in [0.717, 1.165) is 38.1 Å². The molecule has 0 bridgehead atoms. The van der Waals surface area contributed by atoms with E-state index < -0.39 is 12.1 Å². The maximum Gasteiger partial charge on any atom is 0.490 e. The fourth-order valence-corrected chi connectivity index (χ4v) is 5.25. The number of likely N-dealkylation sites (tertiary alicyclic amines) is 1. The molecule has 0 aliphatic carbocycles. The predicted octanol–water partition coefficient (Wildman–Crippen LogP) is 3.74. The zero-order valence-corrected chi connectivity index (χ0v) is 18.9. The van der Waals surface area contributed by atoms with Gasteiger partial charge in [0.15, 0.2) is 0 Å². The molecular formula is C21H24F3N3O5S. The summed E-state index contributed by atoms with van der Waals surface area (Å²) in [4.78, 5) is 27.9. The Hall–Kier alpha value is -2.76. The number of amides is 1. The van der Waals surface area contributed by atoms with Gasteiger partial charge in [0, 0.05) is 43.9 Å². The van der Waals surface area contributed by atoms with Gasteiger partial charge in [-0.25, -0.2) is 9.78 Å². The minimum absolute atomic E-state index is 0.0486. The number of hydrogen-bond acceptors (Lipinski definition) is 7. The van der Waals surface area contributed by atoms with Crippen molar-refractivity contribution in [1.29, 1.82) is 0 Å². The highest BCUT2D eigenvalue weighted by Gasteiger charge is 2.52. The average molecular weight is 488 g/mol. The largest absolute Gasteiger partial charge is 0.490 e. The second-order valence-corrected chi connectivity index (χ2v) is 9.37. The molecule has 2 saturated heterocycles. The highest BCUT2D eigenvalue weighted by Crippen LogP contribution is 2.46. The van der Waals surface area contributed by atoms with Crippen molar-refractivity contribution in [3.63, 3.8) is 0 Å². The van der Waals surface area contributed by atoms with Crippen LogP contribution < -0.4 is 4.74 Å². The van der Waals surface area contributed by atoms with Crippen molar-refractivity contribution in [1.82, 2.24) is 15.0 Å². The molecule has 2 aliphatic heterocycles. The van der Waals surface area contributed by atoms with Gasteiger partial charge in [-0.3, -0.25) is 4.79 Å². The summed E-state index contributed by atoms with van der Waals surface area (Å²) in [5.74, 6) is -0.385. The lowest BCUT2D eigenvalue weighted by Gasteiger charge is -2.47. The van der Waals surface area contributed by atoms with Gasteiger partial charge in [-0.05, 0) is 19.4 Å². The van der Waals surface area contributed by atoms with Gasteiger partial charge in [0.25, 0.3) is 5.91 Å². The molecule has 1 unspecified atom stereocenters. The number of carbonyl (C=O) groups is 2. The summed E-state index contributed by atoms with van der Waals surface area (Å²) in [6, 6.07) is 5.70. The number of thioether (sulfide) groups is 1. The molecule has 1 amide bonds. The van der Waals surface area contributed by atoms with E-state index >= 15 is 0 Å². The summed E-state index contributed by atoms with van der Waals surface area (Å²) in [7, 11) is 0. The lowest BCUT2D eigenvalue weighted by atomic mass is 9.92. The van der Waals surface area contributed by atoms with Crippen molar-refractivity contribution < 1.29 is 37.1 Å². The van der Waals surface area contributed by atoms with Gasteiger partial charge in [-0.2, -0.15) is 13.2 Å². The smallest absolute Gasteiger partial charge is 0.475 e. The van der Waals surface area contributed by atoms with E-state index in [1.165, 1.54) is 0 Å². The number of carbonyl (C=O) groups excluding carboxylic acids is 1. The van der Waals surface area contributed by atoms with Crippen LogP contribution in [0.15, 0.2) is 28.9 Å². The van der Waals surface area contributed by atoms with Gasteiger partial charge >= 0.3 is 12.1 Å². The number of aliphatic carboxylic acids is 1. The van der Waals surface area contributed by atoms with Crippen molar-refractivity contribution in [3.8, 4) is 5.88 Å². The minimum atomic E-state index is -5.08. The Morgan fingerprint density at radius 3 is 2.64 bits per heavy atom. The van der Waals surface area contributed by atoms with E-state index in [9.17, 15) is 18.0 Å². The van der Waals surface area contributed by atoms with Crippen molar-refractivity contribution in [3.05, 3.63) is 41.4 Å². The standard InChI is InChI=1S/C19H23N3O3S.C2HF3O2/c1-3-6-15-17(13(2)21-25-15)18(23)22-11-19(12-22)9-14(10-26-19)24-16-7-4-5-8-20-16;3-2(4,5)1(6)7/h4-5,7-8,14H,3,6,9-12H2,1-2H3;(H,6,7). The number of hydrogen-bond donors (Lipinski definition) is 1. The zero-order valence-electron chi connectivity index (χ0n) is 18.1. The first kappa shape index (κ1) is 24.9. The number of aromatic nitrogens is 2. The molecule has 1 N–H and O–H groups in total. The number of aryl methyl sites for hydroxylation is 2. The van der Waals surface area contributed by atoms with Crippen LogP contribution in [0.25, 0.3) is 0 Å². The molecule has 33 heavy (non-hydrogen) atoms. The Bertz CT molecular complexity index is 977. The van der Waals surface area contributed by atoms with E-state index in [1.54, 1.807) is 6.20 Å². The second-order valence-electron chi connectivity index (χ2n) is 7.89. The Labute approximate surface area is 192 Å². The molecule has 2 aliphatic rings. The fourth-order valence-electron chi connectivity index (χ4n) is 3.73. The van der Waals surface area contributed by atoms with Crippen molar-refractivity contribution >= 4 is 23.6 Å². The molecule has 2 aromatic heterocycles. The minimum Gasteiger partial charge on any atom is -0.475 e. The molecule has 0 radical (unpaired) electrons. The summed E-state index contributed by atoms with van der Waals surface area (Å²) in [6.45, 7) is 5.43. The second kappa shape index (κ2) is 10.0. The third-order valence-electron chi connectivity index (χ3n) is 5.21. The summed E-state index contributed by atoms with van der Waals surface area (Å²) < 4.78 is 43.2. The van der Waals surface area contributed by atoms with E-state index in [0.29, 0.717) is 22.9 Å². The van der Waals surface area contributed by atoms with Gasteiger partial charge in [0.1, 0.15) is 17.4 Å². The van der Waals surface area contributed by atoms with E-state index in [4.69, 9.17) is 19.2 Å². The van der Waals surface area contributed by atoms with Crippen LogP contribution in [-0.4, -0.2) is 67.9 Å². The molecule has 4 rings (SSSR count). The maximum absolute atomic E-state index is 12.9. The Balaban J connectivity index is 0.000000383. The van der Waals surface area contributed by atoms with Crippen LogP contribution >= 0.6 is 11.8 Å². The zero-order chi connectivity index (χ0) is 24.2. The quantitative estimate of drug-likeness (QED) is 0.680. The number of pyridine rings is 1. The van der Waals surface area contributed by atoms with E-state index in [2.05, 4.69) is 17.1 Å². The summed E-state index contributed by atoms with van der Waals surface area (Å²) in [6.07, 6.45) is -0.564. The number of carboxylic acid groups (broad SMARTS) is 1. The van der Waals surface area contributed by atoms with Crippen molar-refractivity contribution in [2.45, 2.75) is 50.1 Å². The average Bonchev–Trinajstić information content (AvgIpc) is 3.31. The number of alkyl halides is 3. The summed E-state index contributed by atoms with van der Waals surface area (Å²) in [5, 5.41) is 11.1. The number of ether oxygens (including phenoxy) is 1. The monoisotopic (exact) mass is 487 g/mol. The lowest BCUT2D eigenvalue weighted by molar-refractivity contribution is -0.192. The summed E-state index contributed by atoms with van der Waals surface area (Å²) in [5.41, 5.74) is 1.35. The highest BCUT2D eigenvalue weighted by atomic mass is 32.2. The molecule has 2 fully saturated rings. The molecule has 2 aromatic rings. The van der Waals surface area contributed by atoms with Crippen LogP contribution in [0.5, 0.6) is 5.88 Å². The van der Waals surface area contributed by atoms with Crippen LogP contribution in [0.2, 0.25) is 0 Å². The first-order valence-corrected chi connectivity index (χ1v) is 11.3. The fraction of sp³-hybridized carbons (Fsp3) is 0.524. The number of rotatable bonds is 5. The Kier molecular flexibility index (Phi) is 7.55. The number of carboxylic acids is 1. The molecule has 1 spiro atoms. The third kappa shape index (κ3) is 5.98. The van der Waals surface area contributed by atoms with Crippen LogP contribution in [0.4, 0.5) is 13.2 Å². The Morgan fingerprint density at radius 2 is 2.06 bits per heavy atom. The first-order valence-electron chi connectivity index (χ1n) is 10.3. The third-order valence-corrected chi connectivity index (χ3v) is 6.79. The predicted molar refractivity (Wildman–Crippen MR) is 113 cm³/mol. The van der Waals surface area contributed by atoms with Crippen LogP contribution in [0.1, 0.15) is 41.6 Å². The van der Waals surface area contributed by atoms with Crippen molar-refractivity contribution in [2.24, 2.45) is 0 Å². The topological polar surface area (TPSA) is 106 Å². The van der Waals surface area contributed by atoms with Gasteiger partial charge < -0.3 is 19.3 Å². The first-order chi connectivity index (χ1) is 15.5. The molecule has 0 saturated carbocycles. The molecule has 1 atom stereocenters. The van der Waals surface area contributed by atoms with Crippen LogP contribution in [0, 0.1) is 6.92 Å². The molecule has 8 nitrogen and oxygen atoms in total. The molecule has 180 valence electrons. The normalized spacial score (nSPS) is 18.9. The molecule has 0 aromatic carbocycles. The van der Waals surface area contributed by atoms with E-state index in [1.807, 2.05) is 41.8 Å². The molecule has 12 heteroatoms. The van der Waals surface area contributed by atoms with Crippen LogP contribution in [-0.2, 0) is 11.2 Å². The van der Waals surface area contributed by atoms with Gasteiger partial charge in [0.05, 0.1) is 10.4 Å². The molecular weight excluding hydrogens is 463 g/mol. The Morgan fingerprint density at radius 1 is 1.36 bits per heavy atom. The number of halogens is 3. The SMILES string of the molecule is CCCc1onc(C)c1C(=O)N1CC2(CC(Oc3ccccn3)CS2)C1.O=C(O)C(F)(F)F. The van der Waals surface area contributed by atoms with Gasteiger partial charge in [-0.1, -0.05) is 18.1 Å². The summed E-state index contributed by atoms with van der Waals surface area (Å²) >= 11 is 1.91. The lowest BCUT2D eigenvalue weighted by Crippen LogP contribution is -2.61. The van der Waals surface area contributed by atoms with E-state index in [-0.39, 0.29) is 16.8 Å².